The van der Waals surface area contributed by atoms with Crippen molar-refractivity contribution in [3.05, 3.63) is 71.4 Å². The van der Waals surface area contributed by atoms with E-state index in [-0.39, 0.29) is 11.8 Å². The molecule has 1 saturated heterocycles. The molecular weight excluding hydrogens is 455 g/mol. The molecular formula is C30H37FN2O3. The summed E-state index contributed by atoms with van der Waals surface area (Å²) in [6, 6.07) is 16.0. The smallest absolute Gasteiger partial charge is 0.303 e. The molecule has 1 atom stereocenters. The van der Waals surface area contributed by atoms with Gasteiger partial charge in [0.05, 0.1) is 19.0 Å². The van der Waals surface area contributed by atoms with Crippen molar-refractivity contribution in [1.82, 2.24) is 9.88 Å². The van der Waals surface area contributed by atoms with E-state index in [9.17, 15) is 9.90 Å². The van der Waals surface area contributed by atoms with Gasteiger partial charge < -0.3 is 14.7 Å². The van der Waals surface area contributed by atoms with E-state index in [1.807, 2.05) is 31.2 Å². The zero-order valence-electron chi connectivity index (χ0n) is 21.4. The minimum Gasteiger partial charge on any atom is -0.497 e. The van der Waals surface area contributed by atoms with Crippen LogP contribution in [-0.4, -0.2) is 47.7 Å². The molecule has 1 fully saturated rings. The molecule has 3 aromatic rings. The molecule has 0 aliphatic carbocycles. The maximum atomic E-state index is 15.8. The normalized spacial score (nSPS) is 16.6. The van der Waals surface area contributed by atoms with E-state index in [4.69, 9.17) is 4.74 Å². The van der Waals surface area contributed by atoms with Crippen molar-refractivity contribution >= 4 is 16.9 Å². The largest absolute Gasteiger partial charge is 0.497 e. The number of aryl methyl sites for hydroxylation is 2. The van der Waals surface area contributed by atoms with Crippen LogP contribution in [0.5, 0.6) is 5.75 Å². The summed E-state index contributed by atoms with van der Waals surface area (Å²) in [5, 5.41) is 10.4. The zero-order valence-corrected chi connectivity index (χ0v) is 21.4. The molecule has 1 aliphatic rings. The minimum absolute atomic E-state index is 0.0987. The maximum absolute atomic E-state index is 15.8. The SMILES string of the molecule is COc1ccc2ncc(C)c([C@@H](F)CCC3(CC(=O)O)CCN(CCCc4ccccc4)CC3)c2c1. The summed E-state index contributed by atoms with van der Waals surface area (Å²) in [4.78, 5) is 18.6. The van der Waals surface area contributed by atoms with Crippen molar-refractivity contribution in [1.29, 1.82) is 0 Å². The first-order valence-electron chi connectivity index (χ1n) is 12.9. The molecule has 2 heterocycles. The number of pyridine rings is 1. The van der Waals surface area contributed by atoms with Crippen LogP contribution in [0, 0.1) is 12.3 Å². The number of fused-ring (bicyclic) bond motifs is 1. The number of aliphatic carboxylic acids is 1. The summed E-state index contributed by atoms with van der Waals surface area (Å²) in [7, 11) is 1.60. The molecule has 0 unspecified atom stereocenters. The van der Waals surface area contributed by atoms with E-state index in [1.165, 1.54) is 5.56 Å². The van der Waals surface area contributed by atoms with Gasteiger partial charge in [-0.25, -0.2) is 4.39 Å². The fraction of sp³-hybridized carbons (Fsp3) is 0.467. The van der Waals surface area contributed by atoms with Crippen LogP contribution in [0.15, 0.2) is 54.7 Å². The van der Waals surface area contributed by atoms with Crippen LogP contribution >= 0.6 is 0 Å². The summed E-state index contributed by atoms with van der Waals surface area (Å²) in [5.74, 6) is -0.122. The predicted octanol–water partition coefficient (Wildman–Crippen LogP) is 6.53. The first-order valence-corrected chi connectivity index (χ1v) is 12.9. The second kappa shape index (κ2) is 11.8. The van der Waals surface area contributed by atoms with Gasteiger partial charge in [0.2, 0.25) is 0 Å². The summed E-state index contributed by atoms with van der Waals surface area (Å²) in [6.45, 7) is 4.63. The van der Waals surface area contributed by atoms with Gasteiger partial charge in [-0.3, -0.25) is 9.78 Å². The number of ether oxygens (including phenoxy) is 1. The van der Waals surface area contributed by atoms with Gasteiger partial charge >= 0.3 is 5.97 Å². The molecule has 1 aromatic heterocycles. The summed E-state index contributed by atoms with van der Waals surface area (Å²) >= 11 is 0. The second-order valence-electron chi connectivity index (χ2n) is 10.2. The van der Waals surface area contributed by atoms with Crippen LogP contribution in [0.25, 0.3) is 10.9 Å². The number of aromatic nitrogens is 1. The van der Waals surface area contributed by atoms with Crippen molar-refractivity contribution in [2.45, 2.75) is 58.0 Å². The van der Waals surface area contributed by atoms with Crippen LogP contribution in [0.1, 0.15) is 61.4 Å². The fourth-order valence-corrected chi connectivity index (χ4v) is 5.65. The van der Waals surface area contributed by atoms with Gasteiger partial charge in [-0.2, -0.15) is 0 Å². The van der Waals surface area contributed by atoms with Crippen molar-refractivity contribution < 1.29 is 19.0 Å². The van der Waals surface area contributed by atoms with Crippen molar-refractivity contribution in [2.75, 3.05) is 26.7 Å². The Morgan fingerprint density at radius 3 is 2.64 bits per heavy atom. The Balaban J connectivity index is 1.39. The number of rotatable bonds is 11. The number of alkyl halides is 1. The minimum atomic E-state index is -1.18. The van der Waals surface area contributed by atoms with Crippen molar-refractivity contribution in [3.8, 4) is 5.75 Å². The average molecular weight is 493 g/mol. The number of piperidine rings is 1. The number of carboxylic acids is 1. The van der Waals surface area contributed by atoms with Crippen LogP contribution in [0.3, 0.4) is 0 Å². The molecule has 4 rings (SSSR count). The number of hydrogen-bond acceptors (Lipinski definition) is 4. The number of likely N-dealkylation sites (tertiary alicyclic amines) is 1. The van der Waals surface area contributed by atoms with Gasteiger partial charge in [0.1, 0.15) is 11.9 Å². The Hall–Kier alpha value is -2.99. The highest BCUT2D eigenvalue weighted by Crippen LogP contribution is 2.43. The van der Waals surface area contributed by atoms with Crippen molar-refractivity contribution in [2.24, 2.45) is 5.41 Å². The summed E-state index contributed by atoms with van der Waals surface area (Å²) in [5.41, 5.74) is 3.18. The highest BCUT2D eigenvalue weighted by Gasteiger charge is 2.37. The van der Waals surface area contributed by atoms with Gasteiger partial charge in [-0.05, 0) is 105 Å². The number of methoxy groups -OCH3 is 1. The molecule has 0 bridgehead atoms. The molecule has 0 spiro atoms. The third kappa shape index (κ3) is 6.41. The number of halogens is 1. The molecule has 0 radical (unpaired) electrons. The lowest BCUT2D eigenvalue weighted by atomic mass is 9.71. The molecule has 0 amide bonds. The molecule has 36 heavy (non-hydrogen) atoms. The standard InChI is InChI=1S/C30H37FN2O3/c1-22-21-32-27-11-10-24(36-2)19-25(27)29(22)26(31)12-13-30(20-28(34)35)14-17-33(18-15-30)16-6-9-23-7-4-3-5-8-23/h3-5,7-8,10-11,19,21,26H,6,9,12-18,20H2,1-2H3,(H,34,35)/t26-/m0/s1. The van der Waals surface area contributed by atoms with Gasteiger partial charge in [-0.1, -0.05) is 30.3 Å². The summed E-state index contributed by atoms with van der Waals surface area (Å²) < 4.78 is 21.2. The molecule has 2 aromatic carbocycles. The highest BCUT2D eigenvalue weighted by atomic mass is 19.1. The Kier molecular flexibility index (Phi) is 8.57. The maximum Gasteiger partial charge on any atom is 0.303 e. The monoisotopic (exact) mass is 492 g/mol. The molecule has 0 saturated carbocycles. The van der Waals surface area contributed by atoms with Crippen LogP contribution in [0.2, 0.25) is 0 Å². The Labute approximate surface area is 213 Å². The zero-order chi connectivity index (χ0) is 25.5. The lowest BCUT2D eigenvalue weighted by Gasteiger charge is -2.41. The topological polar surface area (TPSA) is 62.7 Å². The Bertz CT molecular complexity index is 1160. The number of carbonyl (C=O) groups is 1. The third-order valence-corrected chi connectivity index (χ3v) is 7.78. The van der Waals surface area contributed by atoms with E-state index in [2.05, 4.69) is 34.1 Å². The van der Waals surface area contributed by atoms with E-state index in [0.29, 0.717) is 24.2 Å². The molecule has 1 N–H and O–H groups in total. The summed E-state index contributed by atoms with van der Waals surface area (Å²) in [6.07, 6.45) is 5.22. The average Bonchev–Trinajstić information content (AvgIpc) is 2.88. The van der Waals surface area contributed by atoms with E-state index < -0.39 is 12.1 Å². The lowest BCUT2D eigenvalue weighted by molar-refractivity contribution is -0.141. The predicted molar refractivity (Wildman–Crippen MR) is 141 cm³/mol. The van der Waals surface area contributed by atoms with E-state index in [0.717, 1.165) is 61.8 Å². The molecule has 6 heteroatoms. The molecule has 1 aliphatic heterocycles. The van der Waals surface area contributed by atoms with Gasteiger partial charge in [-0.15, -0.1) is 0 Å². The highest BCUT2D eigenvalue weighted by molar-refractivity contribution is 5.84. The van der Waals surface area contributed by atoms with Crippen LogP contribution in [-0.2, 0) is 11.2 Å². The van der Waals surface area contributed by atoms with Crippen LogP contribution in [0.4, 0.5) is 4.39 Å². The second-order valence-corrected chi connectivity index (χ2v) is 10.2. The molecule has 5 nitrogen and oxygen atoms in total. The Morgan fingerprint density at radius 2 is 1.94 bits per heavy atom. The van der Waals surface area contributed by atoms with E-state index >= 15 is 4.39 Å². The van der Waals surface area contributed by atoms with Gasteiger partial charge in [0, 0.05) is 11.6 Å². The number of benzene rings is 2. The van der Waals surface area contributed by atoms with Crippen molar-refractivity contribution in [3.63, 3.8) is 0 Å². The van der Waals surface area contributed by atoms with E-state index in [1.54, 1.807) is 13.3 Å². The number of nitrogens with zero attached hydrogens (tertiary/aromatic N) is 2. The fourth-order valence-electron chi connectivity index (χ4n) is 5.65. The molecule has 192 valence electrons. The number of hydrogen-bond donors (Lipinski definition) is 1. The quantitative estimate of drug-likeness (QED) is 0.330. The lowest BCUT2D eigenvalue weighted by Crippen LogP contribution is -2.41. The Morgan fingerprint density at radius 1 is 1.19 bits per heavy atom. The van der Waals surface area contributed by atoms with Gasteiger partial charge in [0.25, 0.3) is 0 Å². The first kappa shape index (κ1) is 26.1. The van der Waals surface area contributed by atoms with Gasteiger partial charge in [0.15, 0.2) is 0 Å². The number of carboxylic acid groups (broad SMARTS) is 1. The first-order chi connectivity index (χ1) is 17.4. The van der Waals surface area contributed by atoms with Crippen LogP contribution < -0.4 is 4.74 Å². The third-order valence-electron chi connectivity index (χ3n) is 7.78.